The molecule has 2 aromatic rings. The van der Waals surface area contributed by atoms with E-state index < -0.39 is 24.3 Å². The molecule has 2 heterocycles. The number of halogens is 3. The van der Waals surface area contributed by atoms with Gasteiger partial charge in [-0.15, -0.1) is 0 Å². The number of nitrogens with zero attached hydrogens (tertiary/aromatic N) is 3. The van der Waals surface area contributed by atoms with Gasteiger partial charge in [-0.2, -0.15) is 13.2 Å². The smallest absolute Gasteiger partial charge is 0.419 e. The number of benzene rings is 1. The number of pyridine rings is 1. The highest BCUT2D eigenvalue weighted by molar-refractivity contribution is 5.77. The van der Waals surface area contributed by atoms with E-state index >= 15 is 0 Å². The van der Waals surface area contributed by atoms with Crippen molar-refractivity contribution in [2.75, 3.05) is 44.2 Å². The van der Waals surface area contributed by atoms with Crippen molar-refractivity contribution in [2.24, 2.45) is 0 Å². The first-order valence-corrected chi connectivity index (χ1v) is 9.79. The lowest BCUT2D eigenvalue weighted by Gasteiger charge is -2.36. The van der Waals surface area contributed by atoms with Gasteiger partial charge in [0.1, 0.15) is 11.6 Å². The van der Waals surface area contributed by atoms with E-state index in [0.29, 0.717) is 6.54 Å². The van der Waals surface area contributed by atoms with Crippen molar-refractivity contribution in [1.82, 2.24) is 15.2 Å². The summed E-state index contributed by atoms with van der Waals surface area (Å²) in [5.41, 5.74) is -0.892. The molecular formula is C21H25F3N4O2. The average Bonchev–Trinajstić information content (AvgIpc) is 2.73. The Bertz CT molecular complexity index is 825. The minimum Gasteiger partial charge on any atom is -0.483 e. The minimum absolute atomic E-state index is 0.152. The first-order chi connectivity index (χ1) is 14.3. The molecule has 9 heteroatoms. The molecule has 0 radical (unpaired) electrons. The zero-order chi connectivity index (χ0) is 21.6. The standard InChI is InChI=1S/C21H25F3N4O2/c1-16(14-27-10-12-28(13-11-27)19-8-4-5-9-25-19)26-20(29)15-30-18-7-3-2-6-17(18)21(22,23)24/h2-9,16H,10-15H2,1H3,(H,26,29). The van der Waals surface area contributed by atoms with Crippen LogP contribution in [0.2, 0.25) is 0 Å². The Kier molecular flexibility index (Phi) is 7.15. The number of hydrogen-bond acceptors (Lipinski definition) is 5. The fourth-order valence-electron chi connectivity index (χ4n) is 3.42. The van der Waals surface area contributed by atoms with Crippen LogP contribution >= 0.6 is 0 Å². The number of carbonyl (C=O) groups is 1. The summed E-state index contributed by atoms with van der Waals surface area (Å²) >= 11 is 0. The third kappa shape index (κ3) is 6.09. The molecule has 0 saturated carbocycles. The van der Waals surface area contributed by atoms with Gasteiger partial charge in [-0.1, -0.05) is 18.2 Å². The molecule has 6 nitrogen and oxygen atoms in total. The number of rotatable bonds is 7. The molecule has 0 aliphatic carbocycles. The van der Waals surface area contributed by atoms with Crippen LogP contribution in [0.3, 0.4) is 0 Å². The summed E-state index contributed by atoms with van der Waals surface area (Å²) in [5, 5.41) is 2.79. The molecular weight excluding hydrogens is 397 g/mol. The predicted octanol–water partition coefficient (Wildman–Crippen LogP) is 2.81. The van der Waals surface area contributed by atoms with E-state index in [9.17, 15) is 18.0 Å². The van der Waals surface area contributed by atoms with Crippen LogP contribution in [0.25, 0.3) is 0 Å². The summed E-state index contributed by atoms with van der Waals surface area (Å²) in [4.78, 5) is 20.9. The molecule has 30 heavy (non-hydrogen) atoms. The largest absolute Gasteiger partial charge is 0.483 e. The first kappa shape index (κ1) is 21.9. The third-order valence-electron chi connectivity index (χ3n) is 4.84. The number of ether oxygens (including phenoxy) is 1. The Morgan fingerprint density at radius 3 is 2.50 bits per heavy atom. The zero-order valence-corrected chi connectivity index (χ0v) is 16.7. The maximum Gasteiger partial charge on any atom is 0.419 e. The van der Waals surface area contributed by atoms with Gasteiger partial charge >= 0.3 is 6.18 Å². The zero-order valence-electron chi connectivity index (χ0n) is 16.7. The topological polar surface area (TPSA) is 57.7 Å². The molecule has 162 valence electrons. The lowest BCUT2D eigenvalue weighted by Crippen LogP contribution is -2.51. The van der Waals surface area contributed by atoms with E-state index in [1.165, 1.54) is 18.2 Å². The molecule has 0 bridgehead atoms. The molecule has 1 aromatic heterocycles. The number of aromatic nitrogens is 1. The van der Waals surface area contributed by atoms with Gasteiger partial charge in [0.2, 0.25) is 0 Å². The molecule has 1 unspecified atom stereocenters. The van der Waals surface area contributed by atoms with E-state index in [0.717, 1.165) is 38.1 Å². The van der Waals surface area contributed by atoms with Crippen molar-refractivity contribution in [2.45, 2.75) is 19.1 Å². The summed E-state index contributed by atoms with van der Waals surface area (Å²) in [5.74, 6) is 0.153. The number of hydrogen-bond donors (Lipinski definition) is 1. The Morgan fingerprint density at radius 2 is 1.83 bits per heavy atom. The first-order valence-electron chi connectivity index (χ1n) is 9.79. The quantitative estimate of drug-likeness (QED) is 0.744. The molecule has 1 N–H and O–H groups in total. The Labute approximate surface area is 173 Å². The van der Waals surface area contributed by atoms with Gasteiger partial charge in [-0.25, -0.2) is 4.98 Å². The summed E-state index contributed by atoms with van der Waals surface area (Å²) in [6.07, 6.45) is -2.76. The van der Waals surface area contributed by atoms with Gasteiger partial charge in [0.25, 0.3) is 5.91 Å². The molecule has 0 spiro atoms. The monoisotopic (exact) mass is 422 g/mol. The Hall–Kier alpha value is -2.81. The second-order valence-electron chi connectivity index (χ2n) is 7.23. The molecule has 1 saturated heterocycles. The number of para-hydroxylation sites is 1. The number of carbonyl (C=O) groups excluding carboxylic acids is 1. The molecule has 1 aromatic carbocycles. The van der Waals surface area contributed by atoms with Crippen LogP contribution < -0.4 is 15.0 Å². The highest BCUT2D eigenvalue weighted by atomic mass is 19.4. The Balaban J connectivity index is 1.41. The number of amides is 1. The van der Waals surface area contributed by atoms with E-state index in [4.69, 9.17) is 4.74 Å². The van der Waals surface area contributed by atoms with Gasteiger partial charge < -0.3 is 15.0 Å². The number of piperazine rings is 1. The number of anilines is 1. The highest BCUT2D eigenvalue weighted by Crippen LogP contribution is 2.35. The van der Waals surface area contributed by atoms with Crippen molar-refractivity contribution in [3.05, 3.63) is 54.2 Å². The van der Waals surface area contributed by atoms with Gasteiger partial charge in [-0.05, 0) is 31.2 Å². The van der Waals surface area contributed by atoms with Crippen LogP contribution in [0.1, 0.15) is 12.5 Å². The summed E-state index contributed by atoms with van der Waals surface area (Å²) in [7, 11) is 0. The van der Waals surface area contributed by atoms with Gasteiger partial charge in [0.15, 0.2) is 6.61 Å². The average molecular weight is 422 g/mol. The summed E-state index contributed by atoms with van der Waals surface area (Å²) < 4.78 is 44.1. The number of nitrogens with one attached hydrogen (secondary N) is 1. The predicted molar refractivity (Wildman–Crippen MR) is 107 cm³/mol. The second kappa shape index (κ2) is 9.80. The van der Waals surface area contributed by atoms with E-state index in [1.54, 1.807) is 6.20 Å². The van der Waals surface area contributed by atoms with Crippen LogP contribution in [0.4, 0.5) is 19.0 Å². The van der Waals surface area contributed by atoms with Crippen molar-refractivity contribution < 1.29 is 22.7 Å². The normalized spacial score (nSPS) is 16.2. The maximum atomic E-state index is 13.0. The third-order valence-corrected chi connectivity index (χ3v) is 4.84. The summed E-state index contributed by atoms with van der Waals surface area (Å²) in [6.45, 7) is 5.42. The van der Waals surface area contributed by atoms with Gasteiger partial charge in [0.05, 0.1) is 5.56 Å². The maximum absolute atomic E-state index is 13.0. The highest BCUT2D eigenvalue weighted by Gasteiger charge is 2.34. The van der Waals surface area contributed by atoms with Gasteiger partial charge in [0, 0.05) is 45.0 Å². The lowest BCUT2D eigenvalue weighted by atomic mass is 10.2. The molecule has 1 aliphatic heterocycles. The minimum atomic E-state index is -4.53. The SMILES string of the molecule is CC(CN1CCN(c2ccccn2)CC1)NC(=O)COc1ccccc1C(F)(F)F. The van der Waals surface area contributed by atoms with Crippen molar-refractivity contribution in [3.8, 4) is 5.75 Å². The van der Waals surface area contributed by atoms with Crippen molar-refractivity contribution in [3.63, 3.8) is 0 Å². The number of alkyl halides is 3. The second-order valence-corrected chi connectivity index (χ2v) is 7.23. The molecule has 1 amide bonds. The molecule has 1 fully saturated rings. The van der Waals surface area contributed by atoms with Crippen molar-refractivity contribution in [1.29, 1.82) is 0 Å². The molecule has 1 aliphatic rings. The molecule has 3 rings (SSSR count). The van der Waals surface area contributed by atoms with Crippen molar-refractivity contribution >= 4 is 11.7 Å². The fraction of sp³-hybridized carbons (Fsp3) is 0.429. The van der Waals surface area contributed by atoms with E-state index in [1.807, 2.05) is 25.1 Å². The lowest BCUT2D eigenvalue weighted by molar-refractivity contribution is -0.139. The Morgan fingerprint density at radius 1 is 1.13 bits per heavy atom. The molecule has 1 atom stereocenters. The van der Waals surface area contributed by atoms with Crippen LogP contribution in [0, 0.1) is 0 Å². The van der Waals surface area contributed by atoms with Crippen LogP contribution in [-0.2, 0) is 11.0 Å². The van der Waals surface area contributed by atoms with Crippen LogP contribution in [-0.4, -0.2) is 61.2 Å². The summed E-state index contributed by atoms with van der Waals surface area (Å²) in [6, 6.07) is 10.5. The van der Waals surface area contributed by atoms with Crippen LogP contribution in [0.15, 0.2) is 48.7 Å². The van der Waals surface area contributed by atoms with Gasteiger partial charge in [-0.3, -0.25) is 9.69 Å². The van der Waals surface area contributed by atoms with E-state index in [-0.39, 0.29) is 11.8 Å². The van der Waals surface area contributed by atoms with Crippen LogP contribution in [0.5, 0.6) is 5.75 Å². The fourth-order valence-corrected chi connectivity index (χ4v) is 3.42. The van der Waals surface area contributed by atoms with E-state index in [2.05, 4.69) is 20.1 Å².